The summed E-state index contributed by atoms with van der Waals surface area (Å²) in [5.41, 5.74) is 3.72. The van der Waals surface area contributed by atoms with Gasteiger partial charge in [0.25, 0.3) is 0 Å². The quantitative estimate of drug-likeness (QED) is 0.784. The number of fused-ring (bicyclic) bond motifs is 1. The normalized spacial score (nSPS) is 17.9. The monoisotopic (exact) mass is 283 g/mol. The summed E-state index contributed by atoms with van der Waals surface area (Å²) in [6.07, 6.45) is 0.890. The number of aromatic nitrogens is 2. The molecule has 0 amide bonds. The van der Waals surface area contributed by atoms with Crippen molar-refractivity contribution in [2.24, 2.45) is 0 Å². The predicted octanol–water partition coefficient (Wildman–Crippen LogP) is 3.19. The van der Waals surface area contributed by atoms with Crippen LogP contribution in [-0.4, -0.2) is 10.1 Å². The molecule has 0 fully saturated rings. The molecular formula is C15H13N3OS. The van der Waals surface area contributed by atoms with Crippen molar-refractivity contribution in [1.29, 1.82) is 0 Å². The first kappa shape index (κ1) is 11.8. The van der Waals surface area contributed by atoms with Gasteiger partial charge in [0.05, 0.1) is 6.04 Å². The van der Waals surface area contributed by atoms with E-state index < -0.39 is 0 Å². The zero-order valence-electron chi connectivity index (χ0n) is 10.7. The molecule has 4 nitrogen and oxygen atoms in total. The zero-order valence-corrected chi connectivity index (χ0v) is 11.6. The molecule has 0 spiro atoms. The molecule has 0 saturated carbocycles. The fourth-order valence-electron chi connectivity index (χ4n) is 2.51. The molecule has 1 aliphatic heterocycles. The van der Waals surface area contributed by atoms with Gasteiger partial charge in [-0.25, -0.2) is 0 Å². The van der Waals surface area contributed by atoms with Crippen LogP contribution in [0.1, 0.15) is 23.1 Å². The average molecular weight is 283 g/mol. The van der Waals surface area contributed by atoms with Crippen molar-refractivity contribution in [3.63, 3.8) is 0 Å². The van der Waals surface area contributed by atoms with E-state index in [0.29, 0.717) is 11.7 Å². The minimum absolute atomic E-state index is 0.102. The van der Waals surface area contributed by atoms with Crippen molar-refractivity contribution in [2.45, 2.75) is 19.0 Å². The van der Waals surface area contributed by atoms with Crippen LogP contribution in [0.3, 0.4) is 0 Å². The van der Waals surface area contributed by atoms with E-state index in [0.717, 1.165) is 18.5 Å². The zero-order chi connectivity index (χ0) is 13.4. The topological polar surface area (TPSA) is 51.0 Å². The molecule has 3 heterocycles. The van der Waals surface area contributed by atoms with Crippen molar-refractivity contribution in [3.05, 3.63) is 58.1 Å². The molecule has 1 N–H and O–H groups in total. The Balaban J connectivity index is 1.60. The maximum Gasteiger partial charge on any atom is 0.244 e. The number of nitrogens with one attached hydrogen (secondary N) is 1. The minimum Gasteiger partial charge on any atom is -0.337 e. The second-order valence-corrected chi connectivity index (χ2v) is 5.65. The maximum absolute atomic E-state index is 5.42. The largest absolute Gasteiger partial charge is 0.337 e. The van der Waals surface area contributed by atoms with Crippen LogP contribution in [0.5, 0.6) is 0 Å². The predicted molar refractivity (Wildman–Crippen MR) is 77.3 cm³/mol. The summed E-state index contributed by atoms with van der Waals surface area (Å²) < 4.78 is 5.42. The standard InChI is InChI=1S/C15H13N3OS/c1-2-4-11-8-16-13(7-10(11)3-1)15-17-14(18-19-15)12-5-6-20-9-12/h1-6,9,13,16H,7-8H2. The number of rotatable bonds is 2. The average Bonchev–Trinajstić information content (AvgIpc) is 3.17. The number of nitrogens with zero attached hydrogens (tertiary/aromatic N) is 2. The Kier molecular flexibility index (Phi) is 2.86. The molecule has 20 heavy (non-hydrogen) atoms. The Morgan fingerprint density at radius 2 is 2.10 bits per heavy atom. The molecule has 2 aromatic heterocycles. The highest BCUT2D eigenvalue weighted by Gasteiger charge is 2.24. The van der Waals surface area contributed by atoms with E-state index in [9.17, 15) is 0 Å². The van der Waals surface area contributed by atoms with Gasteiger partial charge in [0.2, 0.25) is 11.7 Å². The van der Waals surface area contributed by atoms with Crippen LogP contribution in [0.25, 0.3) is 11.4 Å². The molecule has 3 aromatic rings. The lowest BCUT2D eigenvalue weighted by Crippen LogP contribution is -2.28. The molecule has 100 valence electrons. The highest BCUT2D eigenvalue weighted by molar-refractivity contribution is 7.08. The van der Waals surface area contributed by atoms with E-state index in [4.69, 9.17) is 4.52 Å². The molecule has 1 aromatic carbocycles. The molecular weight excluding hydrogens is 270 g/mol. The van der Waals surface area contributed by atoms with Gasteiger partial charge in [0.15, 0.2) is 0 Å². The lowest BCUT2D eigenvalue weighted by molar-refractivity contribution is 0.321. The molecule has 4 rings (SSSR count). The SMILES string of the molecule is c1ccc2c(c1)CNC(c1nc(-c3ccsc3)no1)C2. The van der Waals surface area contributed by atoms with Gasteiger partial charge in [-0.1, -0.05) is 29.4 Å². The van der Waals surface area contributed by atoms with Gasteiger partial charge in [-0.15, -0.1) is 0 Å². The van der Waals surface area contributed by atoms with Gasteiger partial charge in [-0.3, -0.25) is 0 Å². The minimum atomic E-state index is 0.102. The third-order valence-electron chi connectivity index (χ3n) is 3.60. The first-order valence-corrected chi connectivity index (χ1v) is 7.51. The Morgan fingerprint density at radius 1 is 1.20 bits per heavy atom. The molecule has 0 saturated heterocycles. The molecule has 1 atom stereocenters. The Labute approximate surface area is 120 Å². The van der Waals surface area contributed by atoms with Crippen LogP contribution in [0.15, 0.2) is 45.6 Å². The van der Waals surface area contributed by atoms with E-state index in [1.165, 1.54) is 11.1 Å². The summed E-state index contributed by atoms with van der Waals surface area (Å²) in [5, 5.41) is 11.6. The molecule has 0 radical (unpaired) electrons. The molecule has 1 unspecified atom stereocenters. The Hall–Kier alpha value is -1.98. The lowest BCUT2D eigenvalue weighted by Gasteiger charge is -2.23. The van der Waals surface area contributed by atoms with E-state index in [2.05, 4.69) is 39.7 Å². The smallest absolute Gasteiger partial charge is 0.244 e. The van der Waals surface area contributed by atoms with Gasteiger partial charge in [-0.2, -0.15) is 16.3 Å². The lowest BCUT2D eigenvalue weighted by atomic mass is 9.96. The number of benzene rings is 1. The van der Waals surface area contributed by atoms with Crippen molar-refractivity contribution in [1.82, 2.24) is 15.5 Å². The number of hydrogen-bond donors (Lipinski definition) is 1. The second kappa shape index (κ2) is 4.85. The summed E-state index contributed by atoms with van der Waals surface area (Å²) in [6, 6.07) is 10.6. The summed E-state index contributed by atoms with van der Waals surface area (Å²) in [5.74, 6) is 1.34. The van der Waals surface area contributed by atoms with E-state index in [1.807, 2.05) is 16.8 Å². The molecule has 5 heteroatoms. The Morgan fingerprint density at radius 3 is 2.95 bits per heavy atom. The van der Waals surface area contributed by atoms with E-state index in [-0.39, 0.29) is 6.04 Å². The van der Waals surface area contributed by atoms with E-state index >= 15 is 0 Å². The van der Waals surface area contributed by atoms with Crippen LogP contribution < -0.4 is 5.32 Å². The molecule has 1 aliphatic rings. The van der Waals surface area contributed by atoms with Crippen LogP contribution >= 0.6 is 11.3 Å². The highest BCUT2D eigenvalue weighted by atomic mass is 32.1. The van der Waals surface area contributed by atoms with Crippen molar-refractivity contribution >= 4 is 11.3 Å². The van der Waals surface area contributed by atoms with Gasteiger partial charge in [0, 0.05) is 17.5 Å². The summed E-state index contributed by atoms with van der Waals surface area (Å²) in [7, 11) is 0. The van der Waals surface area contributed by atoms with Gasteiger partial charge in [-0.05, 0) is 29.0 Å². The van der Waals surface area contributed by atoms with Crippen LogP contribution in [-0.2, 0) is 13.0 Å². The number of hydrogen-bond acceptors (Lipinski definition) is 5. The number of thiophene rings is 1. The van der Waals surface area contributed by atoms with Crippen LogP contribution in [0.2, 0.25) is 0 Å². The Bertz CT molecular complexity index is 720. The first-order valence-electron chi connectivity index (χ1n) is 6.56. The fourth-order valence-corrected chi connectivity index (χ4v) is 3.15. The molecule has 0 aliphatic carbocycles. The van der Waals surface area contributed by atoms with Gasteiger partial charge in [0.1, 0.15) is 0 Å². The van der Waals surface area contributed by atoms with E-state index in [1.54, 1.807) is 11.3 Å². The second-order valence-electron chi connectivity index (χ2n) is 4.87. The fraction of sp³-hybridized carbons (Fsp3) is 0.200. The van der Waals surface area contributed by atoms with Gasteiger partial charge >= 0.3 is 0 Å². The third-order valence-corrected chi connectivity index (χ3v) is 4.28. The summed E-state index contributed by atoms with van der Waals surface area (Å²) in [4.78, 5) is 4.52. The third kappa shape index (κ3) is 2.05. The van der Waals surface area contributed by atoms with Crippen molar-refractivity contribution < 1.29 is 4.52 Å². The first-order chi connectivity index (χ1) is 9.90. The molecule has 0 bridgehead atoms. The van der Waals surface area contributed by atoms with Gasteiger partial charge < -0.3 is 9.84 Å². The van der Waals surface area contributed by atoms with Crippen molar-refractivity contribution in [3.8, 4) is 11.4 Å². The summed E-state index contributed by atoms with van der Waals surface area (Å²) in [6.45, 7) is 0.844. The van der Waals surface area contributed by atoms with Crippen molar-refractivity contribution in [2.75, 3.05) is 0 Å². The highest BCUT2D eigenvalue weighted by Crippen LogP contribution is 2.26. The van der Waals surface area contributed by atoms with Crippen LogP contribution in [0.4, 0.5) is 0 Å². The van der Waals surface area contributed by atoms with Crippen LogP contribution in [0, 0.1) is 0 Å². The summed E-state index contributed by atoms with van der Waals surface area (Å²) >= 11 is 1.63. The maximum atomic E-state index is 5.42.